The van der Waals surface area contributed by atoms with Gasteiger partial charge in [-0.2, -0.15) is 5.10 Å². The molecule has 1 aromatic carbocycles. The average molecular weight is 358 g/mol. The number of rotatable bonds is 3. The highest BCUT2D eigenvalue weighted by Crippen LogP contribution is 2.28. The maximum atomic E-state index is 12.7. The monoisotopic (exact) mass is 357 g/mol. The molecule has 1 N–H and O–H groups in total. The molecule has 2 aromatic rings. The van der Waals surface area contributed by atoms with Crippen molar-refractivity contribution in [3.05, 3.63) is 41.2 Å². The summed E-state index contributed by atoms with van der Waals surface area (Å²) in [5, 5.41) is 14.5. The van der Waals surface area contributed by atoms with Gasteiger partial charge in [-0.25, -0.2) is 13.1 Å². The predicted octanol–water partition coefficient (Wildman–Crippen LogP) is 1.52. The van der Waals surface area contributed by atoms with Crippen molar-refractivity contribution in [1.82, 2.24) is 14.2 Å². The van der Waals surface area contributed by atoms with Gasteiger partial charge in [0, 0.05) is 0 Å². The zero-order valence-electron chi connectivity index (χ0n) is 12.6. The van der Waals surface area contributed by atoms with Crippen molar-refractivity contribution >= 4 is 21.6 Å². The van der Waals surface area contributed by atoms with Crippen molar-refractivity contribution in [2.24, 2.45) is 0 Å². The van der Waals surface area contributed by atoms with Crippen LogP contribution in [0.5, 0.6) is 0 Å². The zero-order valence-corrected chi connectivity index (χ0v) is 14.2. The molecule has 2 heterocycles. The fourth-order valence-electron chi connectivity index (χ4n) is 2.36. The van der Waals surface area contributed by atoms with E-state index in [-0.39, 0.29) is 18.0 Å². The van der Waals surface area contributed by atoms with Crippen molar-refractivity contribution in [1.29, 1.82) is 0 Å². The highest BCUT2D eigenvalue weighted by atomic mass is 35.5. The lowest BCUT2D eigenvalue weighted by atomic mass is 10.1. The molecule has 0 aliphatic carbocycles. The van der Waals surface area contributed by atoms with E-state index < -0.39 is 15.6 Å². The van der Waals surface area contributed by atoms with Crippen LogP contribution in [0.3, 0.4) is 0 Å². The Kier molecular flexibility index (Phi) is 3.97. The average Bonchev–Trinajstić information content (AvgIpc) is 3.03. The zero-order chi connectivity index (χ0) is 16.8. The second-order valence-corrected chi connectivity index (χ2v) is 7.90. The number of sulfonamides is 1. The summed E-state index contributed by atoms with van der Waals surface area (Å²) in [5.41, 5.74) is -0.213. The van der Waals surface area contributed by atoms with Crippen LogP contribution in [0.2, 0.25) is 5.02 Å². The van der Waals surface area contributed by atoms with E-state index in [0.717, 1.165) is 4.47 Å². The van der Waals surface area contributed by atoms with Gasteiger partial charge in [0.15, 0.2) is 0 Å². The van der Waals surface area contributed by atoms with Gasteiger partial charge in [0.25, 0.3) is 10.0 Å². The summed E-state index contributed by atoms with van der Waals surface area (Å²) in [4.78, 5) is 5.12. The summed E-state index contributed by atoms with van der Waals surface area (Å²) >= 11 is 6.14. The largest absolute Gasteiger partial charge is 0.386 e. The van der Waals surface area contributed by atoms with Gasteiger partial charge in [0.1, 0.15) is 10.5 Å². The minimum absolute atomic E-state index is 0.00937. The Labute approximate surface area is 139 Å². The van der Waals surface area contributed by atoms with Crippen molar-refractivity contribution in [2.45, 2.75) is 24.3 Å². The van der Waals surface area contributed by atoms with Gasteiger partial charge in [-0.15, -0.1) is 0 Å². The fourth-order valence-corrected chi connectivity index (χ4v) is 4.07. The van der Waals surface area contributed by atoms with E-state index >= 15 is 0 Å². The van der Waals surface area contributed by atoms with Crippen LogP contribution in [0.25, 0.3) is 5.69 Å². The molecule has 1 aliphatic rings. The second-order valence-electron chi connectivity index (χ2n) is 5.69. The number of hydroxylamine groups is 1. The van der Waals surface area contributed by atoms with Crippen LogP contribution in [0, 0.1) is 6.92 Å². The Hall–Kier alpha value is -1.45. The maximum Gasteiger partial charge on any atom is 0.268 e. The summed E-state index contributed by atoms with van der Waals surface area (Å²) < 4.78 is 27.6. The molecule has 9 heteroatoms. The number of benzene rings is 1. The molecule has 0 amide bonds. The van der Waals surface area contributed by atoms with E-state index in [0.29, 0.717) is 16.4 Å². The molecule has 1 fully saturated rings. The quantitative estimate of drug-likeness (QED) is 0.900. The normalized spacial score (nSPS) is 22.6. The molecule has 1 aromatic heterocycles. The Bertz CT molecular complexity index is 847. The highest BCUT2D eigenvalue weighted by molar-refractivity contribution is 7.89. The molecule has 1 unspecified atom stereocenters. The summed E-state index contributed by atoms with van der Waals surface area (Å²) in [6.07, 6.45) is 1.25. The summed E-state index contributed by atoms with van der Waals surface area (Å²) in [5.74, 6) is 0. The fraction of sp³-hybridized carbons (Fsp3) is 0.357. The van der Waals surface area contributed by atoms with Gasteiger partial charge < -0.3 is 5.11 Å². The van der Waals surface area contributed by atoms with Crippen LogP contribution in [-0.4, -0.2) is 46.5 Å². The lowest BCUT2D eigenvalue weighted by molar-refractivity contribution is -0.0374. The molecular weight excluding hydrogens is 342 g/mol. The minimum Gasteiger partial charge on any atom is -0.386 e. The first kappa shape index (κ1) is 16.4. The lowest BCUT2D eigenvalue weighted by Crippen LogP contribution is -2.34. The van der Waals surface area contributed by atoms with E-state index in [1.165, 1.54) is 17.8 Å². The molecule has 1 saturated heterocycles. The van der Waals surface area contributed by atoms with Crippen LogP contribution in [0.15, 0.2) is 35.4 Å². The molecule has 1 atom stereocenters. The molecule has 124 valence electrons. The van der Waals surface area contributed by atoms with Crippen LogP contribution < -0.4 is 0 Å². The second kappa shape index (κ2) is 5.57. The topological polar surface area (TPSA) is 84.7 Å². The number of hydrogen-bond acceptors (Lipinski definition) is 5. The molecule has 0 bridgehead atoms. The number of para-hydroxylation sites is 1. The maximum absolute atomic E-state index is 12.7. The van der Waals surface area contributed by atoms with E-state index in [4.69, 9.17) is 16.4 Å². The SMILES string of the molecule is Cc1c(S(=O)(=O)N2CC(C)(O)CO2)cnn1-c1ccccc1Cl. The minimum atomic E-state index is -3.92. The smallest absolute Gasteiger partial charge is 0.268 e. The summed E-state index contributed by atoms with van der Waals surface area (Å²) in [6, 6.07) is 7.02. The number of aromatic nitrogens is 2. The first-order valence-electron chi connectivity index (χ1n) is 6.90. The standard InChI is InChI=1S/C14H16ClN3O4S/c1-10-13(23(20,21)17-8-14(2,19)9-22-17)7-16-18(10)12-6-4-3-5-11(12)15/h3-7,19H,8-9H2,1-2H3. The number of hydrogen-bond donors (Lipinski definition) is 1. The van der Waals surface area contributed by atoms with Crippen molar-refractivity contribution in [3.63, 3.8) is 0 Å². The molecule has 7 nitrogen and oxygen atoms in total. The number of halogens is 1. The van der Waals surface area contributed by atoms with Gasteiger partial charge in [-0.05, 0) is 26.0 Å². The predicted molar refractivity (Wildman–Crippen MR) is 83.8 cm³/mol. The van der Waals surface area contributed by atoms with Gasteiger partial charge >= 0.3 is 0 Å². The Morgan fingerprint density at radius 1 is 1.39 bits per heavy atom. The Morgan fingerprint density at radius 2 is 2.09 bits per heavy atom. The van der Waals surface area contributed by atoms with Crippen molar-refractivity contribution < 1.29 is 18.4 Å². The Balaban J connectivity index is 2.01. The summed E-state index contributed by atoms with van der Waals surface area (Å²) in [6.45, 7) is 2.94. The molecule has 0 radical (unpaired) electrons. The van der Waals surface area contributed by atoms with E-state index in [9.17, 15) is 13.5 Å². The van der Waals surface area contributed by atoms with E-state index in [1.807, 2.05) is 0 Å². The van der Waals surface area contributed by atoms with Gasteiger partial charge in [-0.3, -0.25) is 4.84 Å². The van der Waals surface area contributed by atoms with Gasteiger partial charge in [0.05, 0.1) is 35.8 Å². The lowest BCUT2D eigenvalue weighted by Gasteiger charge is -2.15. The molecule has 0 saturated carbocycles. The Morgan fingerprint density at radius 3 is 2.70 bits per heavy atom. The van der Waals surface area contributed by atoms with Crippen LogP contribution in [0.4, 0.5) is 0 Å². The third-order valence-corrected chi connectivity index (χ3v) is 5.63. The van der Waals surface area contributed by atoms with Crippen LogP contribution >= 0.6 is 11.6 Å². The third kappa shape index (κ3) is 2.88. The molecule has 1 aliphatic heterocycles. The van der Waals surface area contributed by atoms with Gasteiger partial charge in [-0.1, -0.05) is 28.2 Å². The molecule has 0 spiro atoms. The first-order valence-corrected chi connectivity index (χ1v) is 8.72. The number of β-amino-alcohol motifs (C(OH)–C–C–N with tert-alkyl or cyclic N) is 1. The third-order valence-electron chi connectivity index (χ3n) is 3.58. The molecule has 23 heavy (non-hydrogen) atoms. The van der Waals surface area contributed by atoms with Crippen molar-refractivity contribution in [2.75, 3.05) is 13.2 Å². The van der Waals surface area contributed by atoms with Crippen LogP contribution in [-0.2, 0) is 14.9 Å². The van der Waals surface area contributed by atoms with Crippen molar-refractivity contribution in [3.8, 4) is 5.69 Å². The van der Waals surface area contributed by atoms with Crippen LogP contribution in [0.1, 0.15) is 12.6 Å². The number of aliphatic hydroxyl groups is 1. The van der Waals surface area contributed by atoms with E-state index in [1.54, 1.807) is 31.2 Å². The van der Waals surface area contributed by atoms with E-state index in [2.05, 4.69) is 5.10 Å². The molecule has 3 rings (SSSR count). The first-order chi connectivity index (χ1) is 10.7. The molecular formula is C14H16ClN3O4S. The number of nitrogens with zero attached hydrogens (tertiary/aromatic N) is 3. The summed E-state index contributed by atoms with van der Waals surface area (Å²) in [7, 11) is -3.92. The van der Waals surface area contributed by atoms with Gasteiger partial charge in [0.2, 0.25) is 0 Å². The highest BCUT2D eigenvalue weighted by Gasteiger charge is 2.41.